The Morgan fingerprint density at radius 2 is 2.00 bits per heavy atom. The summed E-state index contributed by atoms with van der Waals surface area (Å²) in [5.41, 5.74) is 2.26. The van der Waals surface area contributed by atoms with E-state index < -0.39 is 5.97 Å². The molecule has 1 heterocycles. The zero-order valence-corrected chi connectivity index (χ0v) is 11.3. The third-order valence-electron chi connectivity index (χ3n) is 3.20. The lowest BCUT2D eigenvalue weighted by atomic mass is 10.0. The molecule has 0 atom stereocenters. The van der Waals surface area contributed by atoms with Crippen LogP contribution in [0.3, 0.4) is 0 Å². The second-order valence-electron chi connectivity index (χ2n) is 4.27. The molecule has 0 spiro atoms. The number of carbonyl (C=O) groups excluding carboxylic acids is 1. The van der Waals surface area contributed by atoms with Gasteiger partial charge in [-0.25, -0.2) is 4.79 Å². The van der Waals surface area contributed by atoms with E-state index in [1.165, 1.54) is 0 Å². The first-order chi connectivity index (χ1) is 9.62. The molecule has 1 aromatic heterocycles. The highest BCUT2D eigenvalue weighted by Gasteiger charge is 2.21. The van der Waals surface area contributed by atoms with Crippen molar-refractivity contribution in [2.45, 2.75) is 13.3 Å². The van der Waals surface area contributed by atoms with E-state index >= 15 is 0 Å². The first-order valence-electron chi connectivity index (χ1n) is 6.20. The van der Waals surface area contributed by atoms with Gasteiger partial charge in [-0.2, -0.15) is 0 Å². The molecule has 0 saturated heterocycles. The smallest absolute Gasteiger partial charge is 0.338 e. The molecule has 104 valence electrons. The van der Waals surface area contributed by atoms with Crippen LogP contribution < -0.4 is 4.74 Å². The molecule has 2 aromatic rings. The van der Waals surface area contributed by atoms with Crippen molar-refractivity contribution in [2.24, 2.45) is 0 Å². The van der Waals surface area contributed by atoms with Crippen LogP contribution in [-0.4, -0.2) is 29.5 Å². The third-order valence-corrected chi connectivity index (χ3v) is 3.20. The van der Waals surface area contributed by atoms with E-state index in [-0.39, 0.29) is 11.3 Å². The molecule has 0 bridgehead atoms. The number of carbonyl (C=O) groups is 2. The van der Waals surface area contributed by atoms with E-state index in [2.05, 4.69) is 4.98 Å². The van der Waals surface area contributed by atoms with Crippen molar-refractivity contribution < 1.29 is 19.4 Å². The standard InChI is InChI=1S/C15H15NO4/c1-3-11-13(15(18)19)12(8-17)16-14(11)9-4-6-10(20-2)7-5-9/h4-8,16H,3H2,1-2H3,(H,18,19). The minimum absolute atomic E-state index is 0.0494. The summed E-state index contributed by atoms with van der Waals surface area (Å²) in [7, 11) is 1.58. The van der Waals surface area contributed by atoms with Crippen LogP contribution in [0.15, 0.2) is 24.3 Å². The molecule has 0 aliphatic carbocycles. The van der Waals surface area contributed by atoms with E-state index in [4.69, 9.17) is 4.74 Å². The fraction of sp³-hybridized carbons (Fsp3) is 0.200. The maximum atomic E-state index is 11.3. The van der Waals surface area contributed by atoms with E-state index in [0.717, 1.165) is 5.56 Å². The molecule has 5 heteroatoms. The molecule has 1 aromatic carbocycles. The Morgan fingerprint density at radius 3 is 2.45 bits per heavy atom. The van der Waals surface area contributed by atoms with Crippen LogP contribution in [0.5, 0.6) is 5.75 Å². The number of hydrogen-bond acceptors (Lipinski definition) is 3. The van der Waals surface area contributed by atoms with Crippen LogP contribution in [0.2, 0.25) is 0 Å². The quantitative estimate of drug-likeness (QED) is 0.821. The SMILES string of the molecule is CCc1c(-c2ccc(OC)cc2)[nH]c(C=O)c1C(=O)O. The molecular weight excluding hydrogens is 258 g/mol. The fourth-order valence-electron chi connectivity index (χ4n) is 2.25. The third kappa shape index (κ3) is 2.30. The van der Waals surface area contributed by atoms with Gasteiger partial charge in [0.25, 0.3) is 0 Å². The Bertz CT molecular complexity index is 641. The summed E-state index contributed by atoms with van der Waals surface area (Å²) in [6, 6.07) is 7.22. The highest BCUT2D eigenvalue weighted by molar-refractivity contribution is 6.00. The Kier molecular flexibility index (Phi) is 3.89. The Hall–Kier alpha value is -2.56. The van der Waals surface area contributed by atoms with Gasteiger partial charge < -0.3 is 14.8 Å². The number of aromatic carboxylic acids is 1. The minimum atomic E-state index is -1.10. The average Bonchev–Trinajstić information content (AvgIpc) is 2.86. The molecule has 0 unspecified atom stereocenters. The zero-order valence-electron chi connectivity index (χ0n) is 11.3. The van der Waals surface area contributed by atoms with E-state index in [1.54, 1.807) is 19.2 Å². The van der Waals surface area contributed by atoms with E-state index in [9.17, 15) is 14.7 Å². The fourth-order valence-corrected chi connectivity index (χ4v) is 2.25. The van der Waals surface area contributed by atoms with Gasteiger partial charge in [0.15, 0.2) is 6.29 Å². The zero-order chi connectivity index (χ0) is 14.7. The van der Waals surface area contributed by atoms with Crippen molar-refractivity contribution in [3.8, 4) is 17.0 Å². The largest absolute Gasteiger partial charge is 0.497 e. The lowest BCUT2D eigenvalue weighted by molar-refractivity contribution is 0.0693. The summed E-state index contributed by atoms with van der Waals surface area (Å²) in [6.07, 6.45) is 1.06. The molecule has 0 aliphatic heterocycles. The van der Waals surface area contributed by atoms with E-state index in [0.29, 0.717) is 29.7 Å². The van der Waals surface area contributed by atoms with Crippen LogP contribution in [0.25, 0.3) is 11.3 Å². The molecular formula is C15H15NO4. The number of nitrogens with one attached hydrogen (secondary N) is 1. The molecule has 2 rings (SSSR count). The van der Waals surface area contributed by atoms with E-state index in [1.807, 2.05) is 19.1 Å². The van der Waals surface area contributed by atoms with Crippen LogP contribution >= 0.6 is 0 Å². The van der Waals surface area contributed by atoms with Crippen LogP contribution in [0.1, 0.15) is 33.3 Å². The second kappa shape index (κ2) is 5.61. The van der Waals surface area contributed by atoms with Gasteiger partial charge in [0.2, 0.25) is 0 Å². The monoisotopic (exact) mass is 273 g/mol. The predicted molar refractivity (Wildman–Crippen MR) is 74.5 cm³/mol. The van der Waals surface area contributed by atoms with Gasteiger partial charge in [-0.3, -0.25) is 4.79 Å². The van der Waals surface area contributed by atoms with Crippen molar-refractivity contribution in [1.82, 2.24) is 4.98 Å². The molecule has 0 aliphatic rings. The highest BCUT2D eigenvalue weighted by Crippen LogP contribution is 2.29. The Balaban J connectivity index is 2.60. The summed E-state index contributed by atoms with van der Waals surface area (Å²) in [5, 5.41) is 9.25. The number of aromatic amines is 1. The number of benzene rings is 1. The lowest BCUT2D eigenvalue weighted by Gasteiger charge is -2.05. The van der Waals surface area contributed by atoms with Gasteiger partial charge in [-0.1, -0.05) is 6.92 Å². The average molecular weight is 273 g/mol. The lowest BCUT2D eigenvalue weighted by Crippen LogP contribution is -2.02. The predicted octanol–water partition coefficient (Wildman–Crippen LogP) is 2.76. The van der Waals surface area contributed by atoms with Crippen LogP contribution in [-0.2, 0) is 6.42 Å². The van der Waals surface area contributed by atoms with Crippen LogP contribution in [0.4, 0.5) is 0 Å². The molecule has 0 saturated carbocycles. The number of carboxylic acids is 1. The number of rotatable bonds is 5. The van der Waals surface area contributed by atoms with Crippen molar-refractivity contribution in [3.63, 3.8) is 0 Å². The number of aldehydes is 1. The van der Waals surface area contributed by atoms with Crippen molar-refractivity contribution in [1.29, 1.82) is 0 Å². The minimum Gasteiger partial charge on any atom is -0.497 e. The summed E-state index contributed by atoms with van der Waals surface area (Å²) in [4.78, 5) is 25.2. The second-order valence-corrected chi connectivity index (χ2v) is 4.27. The summed E-state index contributed by atoms with van der Waals surface area (Å²) >= 11 is 0. The van der Waals surface area contributed by atoms with Gasteiger partial charge in [0.05, 0.1) is 24.1 Å². The molecule has 0 amide bonds. The Morgan fingerprint density at radius 1 is 1.35 bits per heavy atom. The van der Waals surface area contributed by atoms with Crippen molar-refractivity contribution in [3.05, 3.63) is 41.1 Å². The number of aromatic nitrogens is 1. The van der Waals surface area contributed by atoms with Crippen molar-refractivity contribution >= 4 is 12.3 Å². The van der Waals surface area contributed by atoms with Gasteiger partial charge in [0, 0.05) is 0 Å². The first-order valence-corrected chi connectivity index (χ1v) is 6.20. The summed E-state index contributed by atoms with van der Waals surface area (Å²) < 4.78 is 5.09. The maximum absolute atomic E-state index is 11.3. The molecule has 5 nitrogen and oxygen atoms in total. The molecule has 0 radical (unpaired) electrons. The number of ether oxygens (including phenoxy) is 1. The summed E-state index contributed by atoms with van der Waals surface area (Å²) in [5.74, 6) is -0.382. The molecule has 2 N–H and O–H groups in total. The topological polar surface area (TPSA) is 79.4 Å². The normalized spacial score (nSPS) is 10.3. The highest BCUT2D eigenvalue weighted by atomic mass is 16.5. The van der Waals surface area contributed by atoms with Crippen LogP contribution in [0, 0.1) is 0 Å². The molecule has 0 fully saturated rings. The number of hydrogen-bond donors (Lipinski definition) is 2. The number of carboxylic acid groups (broad SMARTS) is 1. The van der Waals surface area contributed by atoms with Gasteiger partial charge in [0.1, 0.15) is 5.75 Å². The Labute approximate surface area is 116 Å². The maximum Gasteiger partial charge on any atom is 0.338 e. The van der Waals surface area contributed by atoms with Gasteiger partial charge in [-0.15, -0.1) is 0 Å². The van der Waals surface area contributed by atoms with Gasteiger partial charge in [-0.05, 0) is 41.8 Å². The number of methoxy groups -OCH3 is 1. The number of H-pyrrole nitrogens is 1. The molecule has 20 heavy (non-hydrogen) atoms. The van der Waals surface area contributed by atoms with Gasteiger partial charge >= 0.3 is 5.97 Å². The first kappa shape index (κ1) is 13.9. The summed E-state index contributed by atoms with van der Waals surface area (Å²) in [6.45, 7) is 1.86. The van der Waals surface area contributed by atoms with Crippen molar-refractivity contribution in [2.75, 3.05) is 7.11 Å².